The third-order valence-corrected chi connectivity index (χ3v) is 5.17. The van der Waals surface area contributed by atoms with E-state index in [9.17, 15) is 9.59 Å². The zero-order chi connectivity index (χ0) is 21.0. The van der Waals surface area contributed by atoms with Crippen LogP contribution < -0.4 is 20.1 Å². The van der Waals surface area contributed by atoms with Crippen LogP contribution in [0.4, 0.5) is 4.79 Å². The lowest BCUT2D eigenvalue weighted by Crippen LogP contribution is -2.44. The van der Waals surface area contributed by atoms with Gasteiger partial charge in [-0.3, -0.25) is 4.79 Å². The monoisotopic (exact) mass is 458 g/mol. The second-order valence-corrected chi connectivity index (χ2v) is 7.28. The average molecular weight is 459 g/mol. The van der Waals surface area contributed by atoms with Crippen LogP contribution in [0.5, 0.6) is 11.5 Å². The number of urea groups is 1. The molecule has 6 nitrogen and oxygen atoms in total. The Balaban J connectivity index is 2.19. The van der Waals surface area contributed by atoms with E-state index in [1.165, 1.54) is 6.92 Å². The van der Waals surface area contributed by atoms with Gasteiger partial charge in [0.1, 0.15) is 0 Å². The van der Waals surface area contributed by atoms with Crippen LogP contribution in [0.25, 0.3) is 5.70 Å². The van der Waals surface area contributed by atoms with E-state index < -0.39 is 6.04 Å². The Labute approximate surface area is 178 Å². The molecule has 1 atom stereocenters. The van der Waals surface area contributed by atoms with E-state index in [1.54, 1.807) is 12.1 Å². The highest BCUT2D eigenvalue weighted by Crippen LogP contribution is 2.40. The highest BCUT2D eigenvalue weighted by Gasteiger charge is 2.33. The number of hydrogen-bond donors (Lipinski definition) is 2. The summed E-state index contributed by atoms with van der Waals surface area (Å²) in [7, 11) is 0. The summed E-state index contributed by atoms with van der Waals surface area (Å²) in [6.45, 7) is 6.24. The van der Waals surface area contributed by atoms with Crippen LogP contribution in [0.2, 0.25) is 0 Å². The van der Waals surface area contributed by atoms with Crippen molar-refractivity contribution in [2.24, 2.45) is 0 Å². The third-order valence-electron chi connectivity index (χ3n) is 4.49. The summed E-state index contributed by atoms with van der Waals surface area (Å²) in [6.07, 6.45) is 0. The third kappa shape index (κ3) is 4.45. The molecular weight excluding hydrogens is 436 g/mol. The van der Waals surface area contributed by atoms with Gasteiger partial charge in [-0.15, -0.1) is 0 Å². The van der Waals surface area contributed by atoms with Crippen LogP contribution in [0, 0.1) is 0 Å². The van der Waals surface area contributed by atoms with E-state index in [2.05, 4.69) is 26.6 Å². The smallest absolute Gasteiger partial charge is 0.320 e. The molecule has 2 N–H and O–H groups in total. The minimum Gasteiger partial charge on any atom is -0.490 e. The van der Waals surface area contributed by atoms with Crippen molar-refractivity contribution in [3.05, 3.63) is 63.6 Å². The number of hydrogen-bond acceptors (Lipinski definition) is 4. The van der Waals surface area contributed by atoms with Gasteiger partial charge in [0, 0.05) is 10.0 Å². The van der Waals surface area contributed by atoms with Crippen LogP contribution in [0.1, 0.15) is 37.9 Å². The molecular formula is C22H23BrN2O4. The average Bonchev–Trinajstić information content (AvgIpc) is 2.70. The first-order valence-corrected chi connectivity index (χ1v) is 10.2. The molecule has 0 saturated heterocycles. The van der Waals surface area contributed by atoms with E-state index in [0.717, 1.165) is 5.56 Å². The van der Waals surface area contributed by atoms with Gasteiger partial charge in [0.05, 0.1) is 25.0 Å². The summed E-state index contributed by atoms with van der Waals surface area (Å²) in [5.74, 6) is 1.02. The summed E-state index contributed by atoms with van der Waals surface area (Å²) in [6, 6.07) is 11.9. The fourth-order valence-corrected chi connectivity index (χ4v) is 3.87. The quantitative estimate of drug-likeness (QED) is 0.635. The molecule has 29 heavy (non-hydrogen) atoms. The van der Waals surface area contributed by atoms with Crippen molar-refractivity contribution < 1.29 is 19.1 Å². The van der Waals surface area contributed by atoms with Crippen LogP contribution in [-0.4, -0.2) is 25.0 Å². The normalized spacial score (nSPS) is 16.1. The van der Waals surface area contributed by atoms with Crippen molar-refractivity contribution in [3.8, 4) is 11.5 Å². The Hall–Kier alpha value is -2.80. The summed E-state index contributed by atoms with van der Waals surface area (Å²) in [5, 5.41) is 5.66. The standard InChI is InChI=1S/C22H23BrN2O4/c1-4-28-17-11-15(16(23)12-18(17)29-5-2)21-19(13(3)26)20(24-22(27)25-21)14-9-7-6-8-10-14/h6-12,21H,4-5H2,1-3H3,(H2,24,25,27). The van der Waals surface area contributed by atoms with Gasteiger partial charge in [-0.05, 0) is 44.0 Å². The van der Waals surface area contributed by atoms with Gasteiger partial charge in [0.25, 0.3) is 0 Å². The fourth-order valence-electron chi connectivity index (χ4n) is 3.32. The molecule has 2 aromatic rings. The maximum atomic E-state index is 12.6. The highest BCUT2D eigenvalue weighted by molar-refractivity contribution is 9.10. The number of ether oxygens (including phenoxy) is 2. The van der Waals surface area contributed by atoms with Crippen molar-refractivity contribution in [2.45, 2.75) is 26.8 Å². The number of Topliss-reactive ketones (excluding diaryl/α,β-unsaturated/α-hetero) is 1. The highest BCUT2D eigenvalue weighted by atomic mass is 79.9. The van der Waals surface area contributed by atoms with Crippen LogP contribution >= 0.6 is 15.9 Å². The molecule has 0 spiro atoms. The lowest BCUT2D eigenvalue weighted by molar-refractivity contribution is -0.113. The van der Waals surface area contributed by atoms with Gasteiger partial charge in [-0.2, -0.15) is 0 Å². The number of halogens is 1. The molecule has 0 aliphatic carbocycles. The Bertz CT molecular complexity index is 957. The maximum absolute atomic E-state index is 12.6. The molecule has 152 valence electrons. The zero-order valence-corrected chi connectivity index (χ0v) is 18.1. The molecule has 0 bridgehead atoms. The minimum absolute atomic E-state index is 0.139. The molecule has 1 heterocycles. The first-order chi connectivity index (χ1) is 14.0. The molecule has 0 fully saturated rings. The number of nitrogens with one attached hydrogen (secondary N) is 2. The molecule has 1 unspecified atom stereocenters. The van der Waals surface area contributed by atoms with Crippen LogP contribution in [0.3, 0.4) is 0 Å². The van der Waals surface area contributed by atoms with Crippen LogP contribution in [0.15, 0.2) is 52.5 Å². The van der Waals surface area contributed by atoms with E-state index in [4.69, 9.17) is 9.47 Å². The van der Waals surface area contributed by atoms with E-state index in [1.807, 2.05) is 44.2 Å². The van der Waals surface area contributed by atoms with E-state index >= 15 is 0 Å². The molecule has 2 amide bonds. The Morgan fingerprint density at radius 3 is 2.28 bits per heavy atom. The number of carbonyl (C=O) groups excluding carboxylic acids is 2. The molecule has 0 saturated carbocycles. The first kappa shape index (κ1) is 20.9. The van der Waals surface area contributed by atoms with Crippen LogP contribution in [-0.2, 0) is 4.79 Å². The van der Waals surface area contributed by atoms with Gasteiger partial charge >= 0.3 is 6.03 Å². The van der Waals surface area contributed by atoms with Gasteiger partial charge in [-0.25, -0.2) is 4.79 Å². The van der Waals surface area contributed by atoms with Crippen molar-refractivity contribution in [2.75, 3.05) is 13.2 Å². The second kappa shape index (κ2) is 9.13. The lowest BCUT2D eigenvalue weighted by Gasteiger charge is -2.30. The van der Waals surface area contributed by atoms with Crippen molar-refractivity contribution in [1.29, 1.82) is 0 Å². The van der Waals surface area contributed by atoms with Crippen molar-refractivity contribution in [3.63, 3.8) is 0 Å². The molecule has 0 aromatic heterocycles. The number of amides is 2. The number of rotatable bonds is 7. The van der Waals surface area contributed by atoms with Crippen molar-refractivity contribution >= 4 is 33.4 Å². The maximum Gasteiger partial charge on any atom is 0.320 e. The molecule has 1 aliphatic heterocycles. The fraction of sp³-hybridized carbons (Fsp3) is 0.273. The van der Waals surface area contributed by atoms with E-state index in [0.29, 0.717) is 46.0 Å². The number of ketones is 1. The van der Waals surface area contributed by atoms with Gasteiger partial charge in [-0.1, -0.05) is 46.3 Å². The Morgan fingerprint density at radius 2 is 1.69 bits per heavy atom. The predicted octanol–water partition coefficient (Wildman–Crippen LogP) is 4.60. The second-order valence-electron chi connectivity index (χ2n) is 6.43. The topological polar surface area (TPSA) is 76.7 Å². The van der Waals surface area contributed by atoms with Gasteiger partial charge in [0.2, 0.25) is 0 Å². The predicted molar refractivity (Wildman–Crippen MR) is 115 cm³/mol. The lowest BCUT2D eigenvalue weighted by atomic mass is 9.90. The summed E-state index contributed by atoms with van der Waals surface area (Å²) >= 11 is 3.57. The molecule has 0 radical (unpaired) electrons. The summed E-state index contributed by atoms with van der Waals surface area (Å²) in [4.78, 5) is 25.1. The molecule has 2 aromatic carbocycles. The van der Waals surface area contributed by atoms with Crippen molar-refractivity contribution in [1.82, 2.24) is 10.6 Å². The Kier molecular flexibility index (Phi) is 6.59. The number of benzene rings is 2. The number of carbonyl (C=O) groups is 2. The van der Waals surface area contributed by atoms with E-state index in [-0.39, 0.29) is 11.8 Å². The summed E-state index contributed by atoms with van der Waals surface area (Å²) in [5.41, 5.74) is 2.46. The Morgan fingerprint density at radius 1 is 1.07 bits per heavy atom. The molecule has 7 heteroatoms. The molecule has 3 rings (SSSR count). The zero-order valence-electron chi connectivity index (χ0n) is 16.5. The molecule has 1 aliphatic rings. The first-order valence-electron chi connectivity index (χ1n) is 9.43. The summed E-state index contributed by atoms with van der Waals surface area (Å²) < 4.78 is 12.1. The largest absolute Gasteiger partial charge is 0.490 e. The van der Waals surface area contributed by atoms with Gasteiger partial charge in [0.15, 0.2) is 17.3 Å². The SMILES string of the molecule is CCOc1cc(Br)c(C2NC(=O)NC(c3ccccc3)=C2C(C)=O)cc1OCC. The van der Waals surface area contributed by atoms with Gasteiger partial charge < -0.3 is 20.1 Å². The minimum atomic E-state index is -0.638.